The standard InChI is InChI=1S/C23H41N5O2/c1-27(2)20-23(9-3-4-10-23)19-26-22(25-12-8-21-7-5-16-30-21)24-11-6-13-28-14-17-29-18-15-28/h5,7,16H,3-4,6,8-15,17-20H2,1-2H3,(H2,24,25,26). The number of morpholine rings is 1. The van der Waals surface area contributed by atoms with Crippen LogP contribution in [-0.4, -0.2) is 88.9 Å². The Hall–Kier alpha value is -1.57. The van der Waals surface area contributed by atoms with Gasteiger partial charge in [0.25, 0.3) is 0 Å². The predicted molar refractivity (Wildman–Crippen MR) is 122 cm³/mol. The van der Waals surface area contributed by atoms with Gasteiger partial charge in [0.05, 0.1) is 19.5 Å². The molecule has 0 atom stereocenters. The SMILES string of the molecule is CN(C)CC1(CN=C(NCCCN2CCOCC2)NCCc2ccco2)CCCC1. The maximum atomic E-state index is 5.46. The zero-order chi connectivity index (χ0) is 21.1. The molecule has 2 aliphatic rings. The second kappa shape index (κ2) is 12.3. The Morgan fingerprint density at radius 1 is 1.17 bits per heavy atom. The summed E-state index contributed by atoms with van der Waals surface area (Å²) >= 11 is 0. The summed E-state index contributed by atoms with van der Waals surface area (Å²) in [7, 11) is 4.35. The zero-order valence-corrected chi connectivity index (χ0v) is 19.0. The summed E-state index contributed by atoms with van der Waals surface area (Å²) in [6, 6.07) is 3.97. The number of guanidine groups is 1. The van der Waals surface area contributed by atoms with Crippen molar-refractivity contribution in [1.82, 2.24) is 20.4 Å². The fourth-order valence-electron chi connectivity index (χ4n) is 4.68. The number of furan rings is 1. The van der Waals surface area contributed by atoms with Crippen molar-refractivity contribution in [3.63, 3.8) is 0 Å². The van der Waals surface area contributed by atoms with E-state index in [0.717, 1.165) is 83.6 Å². The quantitative estimate of drug-likeness (QED) is 0.326. The Balaban J connectivity index is 1.49. The van der Waals surface area contributed by atoms with E-state index in [-0.39, 0.29) is 0 Å². The second-order valence-corrected chi connectivity index (χ2v) is 9.10. The number of nitrogens with zero attached hydrogens (tertiary/aromatic N) is 3. The molecular formula is C23H41N5O2. The summed E-state index contributed by atoms with van der Waals surface area (Å²) in [5.41, 5.74) is 0.326. The van der Waals surface area contributed by atoms with Gasteiger partial charge in [-0.3, -0.25) is 9.89 Å². The topological polar surface area (TPSA) is 65.3 Å². The van der Waals surface area contributed by atoms with Crippen LogP contribution in [-0.2, 0) is 11.2 Å². The van der Waals surface area contributed by atoms with Crippen LogP contribution in [0.5, 0.6) is 0 Å². The molecule has 7 heteroatoms. The molecule has 2 heterocycles. The lowest BCUT2D eigenvalue weighted by molar-refractivity contribution is 0.0376. The number of ether oxygens (including phenoxy) is 1. The van der Waals surface area contributed by atoms with E-state index in [1.54, 1.807) is 6.26 Å². The van der Waals surface area contributed by atoms with E-state index in [4.69, 9.17) is 14.1 Å². The summed E-state index contributed by atoms with van der Waals surface area (Å²) < 4.78 is 10.9. The first-order chi connectivity index (χ1) is 14.7. The number of hydrogen-bond donors (Lipinski definition) is 2. The third-order valence-corrected chi connectivity index (χ3v) is 6.18. The van der Waals surface area contributed by atoms with Crippen molar-refractivity contribution in [1.29, 1.82) is 0 Å². The number of nitrogens with one attached hydrogen (secondary N) is 2. The number of rotatable bonds is 11. The third kappa shape index (κ3) is 7.93. The van der Waals surface area contributed by atoms with Gasteiger partial charge in [0, 0.05) is 51.1 Å². The molecule has 0 unspecified atom stereocenters. The third-order valence-electron chi connectivity index (χ3n) is 6.18. The lowest BCUT2D eigenvalue weighted by Crippen LogP contribution is -2.42. The minimum absolute atomic E-state index is 0.326. The highest BCUT2D eigenvalue weighted by atomic mass is 16.5. The van der Waals surface area contributed by atoms with E-state index < -0.39 is 0 Å². The van der Waals surface area contributed by atoms with Gasteiger partial charge in [0.2, 0.25) is 0 Å². The Bertz CT molecular complexity index is 605. The first-order valence-corrected chi connectivity index (χ1v) is 11.6. The first-order valence-electron chi connectivity index (χ1n) is 11.6. The Kier molecular flexibility index (Phi) is 9.49. The molecule has 2 N–H and O–H groups in total. The van der Waals surface area contributed by atoms with Gasteiger partial charge in [-0.25, -0.2) is 0 Å². The first kappa shape index (κ1) is 23.1. The predicted octanol–water partition coefficient (Wildman–Crippen LogP) is 2.20. The highest BCUT2D eigenvalue weighted by Crippen LogP contribution is 2.38. The summed E-state index contributed by atoms with van der Waals surface area (Å²) in [5, 5.41) is 7.09. The van der Waals surface area contributed by atoms with Gasteiger partial charge in [0.15, 0.2) is 5.96 Å². The van der Waals surface area contributed by atoms with Gasteiger partial charge in [-0.15, -0.1) is 0 Å². The van der Waals surface area contributed by atoms with E-state index in [2.05, 4.69) is 34.5 Å². The zero-order valence-electron chi connectivity index (χ0n) is 19.0. The van der Waals surface area contributed by atoms with Crippen molar-refractivity contribution < 1.29 is 9.15 Å². The molecule has 1 aromatic heterocycles. The van der Waals surface area contributed by atoms with Crippen LogP contribution in [0.3, 0.4) is 0 Å². The molecule has 2 fully saturated rings. The molecule has 1 saturated heterocycles. The molecule has 1 aromatic rings. The molecule has 1 saturated carbocycles. The molecule has 0 radical (unpaired) electrons. The molecule has 0 bridgehead atoms. The lowest BCUT2D eigenvalue weighted by Gasteiger charge is -2.31. The molecule has 30 heavy (non-hydrogen) atoms. The number of hydrogen-bond acceptors (Lipinski definition) is 5. The molecular weight excluding hydrogens is 378 g/mol. The molecule has 1 aliphatic carbocycles. The Morgan fingerprint density at radius 2 is 1.93 bits per heavy atom. The van der Waals surface area contributed by atoms with E-state index in [9.17, 15) is 0 Å². The smallest absolute Gasteiger partial charge is 0.191 e. The largest absolute Gasteiger partial charge is 0.469 e. The van der Waals surface area contributed by atoms with Crippen LogP contribution < -0.4 is 10.6 Å². The van der Waals surface area contributed by atoms with Crippen LogP contribution in [0.2, 0.25) is 0 Å². The van der Waals surface area contributed by atoms with Crippen LogP contribution in [0.1, 0.15) is 37.9 Å². The maximum absolute atomic E-state index is 5.46. The van der Waals surface area contributed by atoms with Crippen molar-refractivity contribution in [2.45, 2.75) is 38.5 Å². The van der Waals surface area contributed by atoms with E-state index in [1.165, 1.54) is 25.7 Å². The van der Waals surface area contributed by atoms with Crippen molar-refractivity contribution in [2.75, 3.05) is 73.1 Å². The van der Waals surface area contributed by atoms with E-state index in [0.29, 0.717) is 5.41 Å². The molecule has 170 valence electrons. The molecule has 0 amide bonds. The molecule has 3 rings (SSSR count). The average molecular weight is 420 g/mol. The summed E-state index contributed by atoms with van der Waals surface area (Å²) in [6.45, 7) is 8.71. The van der Waals surface area contributed by atoms with Gasteiger partial charge in [-0.05, 0) is 52.0 Å². The fourth-order valence-corrected chi connectivity index (χ4v) is 4.68. The second-order valence-electron chi connectivity index (χ2n) is 9.10. The summed E-state index contributed by atoms with van der Waals surface area (Å²) in [5.74, 6) is 1.95. The van der Waals surface area contributed by atoms with Gasteiger partial charge in [-0.2, -0.15) is 0 Å². The van der Waals surface area contributed by atoms with Crippen molar-refractivity contribution in [3.05, 3.63) is 24.2 Å². The maximum Gasteiger partial charge on any atom is 0.191 e. The summed E-state index contributed by atoms with van der Waals surface area (Å²) in [6.07, 6.45) is 8.94. The van der Waals surface area contributed by atoms with Crippen molar-refractivity contribution in [3.8, 4) is 0 Å². The van der Waals surface area contributed by atoms with Crippen LogP contribution in [0.4, 0.5) is 0 Å². The molecule has 1 aliphatic heterocycles. The minimum Gasteiger partial charge on any atom is -0.469 e. The highest BCUT2D eigenvalue weighted by Gasteiger charge is 2.34. The van der Waals surface area contributed by atoms with Crippen molar-refractivity contribution in [2.24, 2.45) is 10.4 Å². The Labute approximate surface area is 182 Å². The minimum atomic E-state index is 0.326. The number of aliphatic imine (C=N–C) groups is 1. The highest BCUT2D eigenvalue weighted by molar-refractivity contribution is 5.79. The van der Waals surface area contributed by atoms with E-state index in [1.807, 2.05) is 12.1 Å². The average Bonchev–Trinajstić information content (AvgIpc) is 3.42. The molecule has 0 spiro atoms. The van der Waals surface area contributed by atoms with E-state index >= 15 is 0 Å². The lowest BCUT2D eigenvalue weighted by atomic mass is 9.86. The normalized spacial score (nSPS) is 20.0. The van der Waals surface area contributed by atoms with Crippen LogP contribution in [0.15, 0.2) is 27.8 Å². The van der Waals surface area contributed by atoms with Crippen LogP contribution in [0, 0.1) is 5.41 Å². The van der Waals surface area contributed by atoms with Gasteiger partial charge in [0.1, 0.15) is 5.76 Å². The monoisotopic (exact) mass is 419 g/mol. The van der Waals surface area contributed by atoms with Crippen LogP contribution in [0.25, 0.3) is 0 Å². The Morgan fingerprint density at radius 3 is 2.63 bits per heavy atom. The van der Waals surface area contributed by atoms with Crippen LogP contribution >= 0.6 is 0 Å². The van der Waals surface area contributed by atoms with Gasteiger partial charge >= 0.3 is 0 Å². The molecule has 7 nitrogen and oxygen atoms in total. The van der Waals surface area contributed by atoms with Gasteiger partial charge in [-0.1, -0.05) is 12.8 Å². The molecule has 0 aromatic carbocycles. The van der Waals surface area contributed by atoms with Gasteiger partial charge < -0.3 is 24.7 Å². The summed E-state index contributed by atoms with van der Waals surface area (Å²) in [4.78, 5) is 9.84. The fraction of sp³-hybridized carbons (Fsp3) is 0.783. The van der Waals surface area contributed by atoms with Crippen molar-refractivity contribution >= 4 is 5.96 Å².